The van der Waals surface area contributed by atoms with Crippen molar-refractivity contribution in [1.29, 1.82) is 0 Å². The molecule has 0 spiro atoms. The van der Waals surface area contributed by atoms with Gasteiger partial charge in [0.2, 0.25) is 0 Å². The van der Waals surface area contributed by atoms with Crippen molar-refractivity contribution in [2.45, 2.75) is 34.1 Å². The van der Waals surface area contributed by atoms with Crippen molar-refractivity contribution in [3.05, 3.63) is 53.9 Å². The molecule has 0 unspecified atom stereocenters. The lowest BCUT2D eigenvalue weighted by Crippen LogP contribution is -2.26. The number of aromatic nitrogens is 1. The number of rotatable bonds is 9. The van der Waals surface area contributed by atoms with Crippen LogP contribution in [0.15, 0.2) is 42.6 Å². The van der Waals surface area contributed by atoms with Crippen molar-refractivity contribution in [3.63, 3.8) is 0 Å². The van der Waals surface area contributed by atoms with Gasteiger partial charge in [0, 0.05) is 42.8 Å². The molecular formula is C22H30N4O2. The molecule has 2 N–H and O–H groups in total. The Balaban J connectivity index is 2.01. The quantitative estimate of drug-likeness (QED) is 0.688. The van der Waals surface area contributed by atoms with E-state index >= 15 is 0 Å². The van der Waals surface area contributed by atoms with Crippen LogP contribution in [-0.2, 0) is 0 Å². The Morgan fingerprint density at radius 1 is 1.04 bits per heavy atom. The van der Waals surface area contributed by atoms with Gasteiger partial charge >= 0.3 is 0 Å². The summed E-state index contributed by atoms with van der Waals surface area (Å²) in [4.78, 5) is 31.1. The first kappa shape index (κ1) is 21.4. The molecule has 0 saturated carbocycles. The van der Waals surface area contributed by atoms with Gasteiger partial charge in [0.15, 0.2) is 0 Å². The molecule has 0 radical (unpaired) electrons. The molecule has 1 aromatic carbocycles. The number of hydrogen-bond acceptors (Lipinski definition) is 4. The van der Waals surface area contributed by atoms with Gasteiger partial charge < -0.3 is 15.5 Å². The standard InChI is InChI=1S/C22H30N4O2/c1-5-26(6-2)19-9-7-18(8-10-19)25-21(27)17-12-14-23-20(15-17)22(28)24-13-11-16(3)4/h7-10,12,14-16H,5-6,11,13H2,1-4H3,(H,24,28)(H,25,27). The molecule has 2 amide bonds. The van der Waals surface area contributed by atoms with E-state index in [1.165, 1.54) is 12.3 Å². The highest BCUT2D eigenvalue weighted by molar-refractivity contribution is 6.05. The van der Waals surface area contributed by atoms with Crippen LogP contribution in [0.1, 0.15) is 55.0 Å². The summed E-state index contributed by atoms with van der Waals surface area (Å²) in [5.41, 5.74) is 2.47. The third kappa shape index (κ3) is 6.08. The third-order valence-corrected chi connectivity index (χ3v) is 4.52. The van der Waals surface area contributed by atoms with Crippen molar-refractivity contribution in [2.24, 2.45) is 5.92 Å². The Hall–Kier alpha value is -2.89. The zero-order valence-corrected chi connectivity index (χ0v) is 17.2. The van der Waals surface area contributed by atoms with E-state index in [0.717, 1.165) is 25.2 Å². The summed E-state index contributed by atoms with van der Waals surface area (Å²) < 4.78 is 0. The van der Waals surface area contributed by atoms with Gasteiger partial charge in [-0.25, -0.2) is 0 Å². The van der Waals surface area contributed by atoms with Crippen LogP contribution in [0.2, 0.25) is 0 Å². The zero-order chi connectivity index (χ0) is 20.5. The first-order valence-electron chi connectivity index (χ1n) is 9.85. The van der Waals surface area contributed by atoms with Crippen LogP contribution in [-0.4, -0.2) is 36.4 Å². The average Bonchev–Trinajstić information content (AvgIpc) is 2.70. The van der Waals surface area contributed by atoms with Crippen LogP contribution in [0.4, 0.5) is 11.4 Å². The number of hydrogen-bond donors (Lipinski definition) is 2. The first-order chi connectivity index (χ1) is 13.4. The topological polar surface area (TPSA) is 74.3 Å². The van der Waals surface area contributed by atoms with Crippen LogP contribution in [0.25, 0.3) is 0 Å². The molecule has 1 heterocycles. The molecule has 0 fully saturated rings. The summed E-state index contributed by atoms with van der Waals surface area (Å²) in [6.07, 6.45) is 2.38. The largest absolute Gasteiger partial charge is 0.372 e. The number of nitrogens with one attached hydrogen (secondary N) is 2. The molecule has 0 bridgehead atoms. The van der Waals surface area contributed by atoms with E-state index in [0.29, 0.717) is 23.7 Å². The SMILES string of the molecule is CCN(CC)c1ccc(NC(=O)c2ccnc(C(=O)NCCC(C)C)c2)cc1. The van der Waals surface area contributed by atoms with Crippen LogP contribution in [0, 0.1) is 5.92 Å². The van der Waals surface area contributed by atoms with Crippen molar-refractivity contribution >= 4 is 23.2 Å². The summed E-state index contributed by atoms with van der Waals surface area (Å²) in [6, 6.07) is 10.9. The second-order valence-corrected chi connectivity index (χ2v) is 7.04. The van der Waals surface area contributed by atoms with E-state index in [1.807, 2.05) is 24.3 Å². The highest BCUT2D eigenvalue weighted by atomic mass is 16.2. The Morgan fingerprint density at radius 3 is 2.32 bits per heavy atom. The van der Waals surface area contributed by atoms with Gasteiger partial charge in [0.25, 0.3) is 11.8 Å². The van der Waals surface area contributed by atoms with Gasteiger partial charge in [-0.15, -0.1) is 0 Å². The lowest BCUT2D eigenvalue weighted by atomic mass is 10.1. The molecule has 0 aliphatic carbocycles. The molecule has 6 nitrogen and oxygen atoms in total. The van der Waals surface area contributed by atoms with Crippen molar-refractivity contribution in [1.82, 2.24) is 10.3 Å². The zero-order valence-electron chi connectivity index (χ0n) is 17.2. The minimum absolute atomic E-state index is 0.244. The Labute approximate surface area is 167 Å². The molecule has 0 aliphatic rings. The fourth-order valence-electron chi connectivity index (χ4n) is 2.81. The van der Waals surface area contributed by atoms with Gasteiger partial charge in [-0.05, 0) is 62.6 Å². The lowest BCUT2D eigenvalue weighted by molar-refractivity contribution is 0.0947. The van der Waals surface area contributed by atoms with Gasteiger partial charge in [0.1, 0.15) is 5.69 Å². The first-order valence-corrected chi connectivity index (χ1v) is 9.85. The van der Waals surface area contributed by atoms with Crippen LogP contribution < -0.4 is 15.5 Å². The van der Waals surface area contributed by atoms with Gasteiger partial charge in [0.05, 0.1) is 0 Å². The van der Waals surface area contributed by atoms with Crippen LogP contribution in [0.5, 0.6) is 0 Å². The molecule has 0 aliphatic heterocycles. The maximum Gasteiger partial charge on any atom is 0.269 e. The summed E-state index contributed by atoms with van der Waals surface area (Å²) in [6.45, 7) is 10.9. The molecule has 2 aromatic rings. The van der Waals surface area contributed by atoms with Crippen molar-refractivity contribution in [2.75, 3.05) is 29.9 Å². The van der Waals surface area contributed by atoms with Gasteiger partial charge in [-0.3, -0.25) is 14.6 Å². The monoisotopic (exact) mass is 382 g/mol. The lowest BCUT2D eigenvalue weighted by Gasteiger charge is -2.21. The van der Waals surface area contributed by atoms with E-state index in [9.17, 15) is 9.59 Å². The summed E-state index contributed by atoms with van der Waals surface area (Å²) in [7, 11) is 0. The summed E-state index contributed by atoms with van der Waals surface area (Å²) >= 11 is 0. The molecule has 6 heteroatoms. The van der Waals surface area contributed by atoms with E-state index in [2.05, 4.69) is 48.2 Å². The number of carbonyl (C=O) groups excluding carboxylic acids is 2. The third-order valence-electron chi connectivity index (χ3n) is 4.52. The number of pyridine rings is 1. The Kier molecular flexibility index (Phi) is 7.99. The molecule has 0 saturated heterocycles. The molecule has 1 aromatic heterocycles. The fourth-order valence-corrected chi connectivity index (χ4v) is 2.81. The van der Waals surface area contributed by atoms with E-state index in [1.54, 1.807) is 6.07 Å². The highest BCUT2D eigenvalue weighted by Gasteiger charge is 2.12. The molecule has 2 rings (SSSR count). The Morgan fingerprint density at radius 2 is 1.71 bits per heavy atom. The van der Waals surface area contributed by atoms with Crippen LogP contribution in [0.3, 0.4) is 0 Å². The molecule has 28 heavy (non-hydrogen) atoms. The van der Waals surface area contributed by atoms with Crippen molar-refractivity contribution < 1.29 is 9.59 Å². The predicted molar refractivity (Wildman–Crippen MR) is 114 cm³/mol. The minimum atomic E-state index is -0.269. The number of amides is 2. The van der Waals surface area contributed by atoms with E-state index in [4.69, 9.17) is 0 Å². The maximum atomic E-state index is 12.5. The van der Waals surface area contributed by atoms with E-state index < -0.39 is 0 Å². The number of nitrogens with zero attached hydrogens (tertiary/aromatic N) is 2. The number of carbonyl (C=O) groups is 2. The summed E-state index contributed by atoms with van der Waals surface area (Å²) in [5, 5.41) is 5.70. The smallest absolute Gasteiger partial charge is 0.269 e. The second kappa shape index (κ2) is 10.4. The highest BCUT2D eigenvalue weighted by Crippen LogP contribution is 2.18. The summed E-state index contributed by atoms with van der Waals surface area (Å²) in [5.74, 6) is -0.0217. The predicted octanol–water partition coefficient (Wildman–Crippen LogP) is 3.96. The molecule has 0 atom stereocenters. The van der Waals surface area contributed by atoms with Crippen LogP contribution >= 0.6 is 0 Å². The number of anilines is 2. The van der Waals surface area contributed by atoms with E-state index in [-0.39, 0.29) is 17.5 Å². The second-order valence-electron chi connectivity index (χ2n) is 7.04. The van der Waals surface area contributed by atoms with Gasteiger partial charge in [-0.1, -0.05) is 13.8 Å². The normalized spacial score (nSPS) is 10.6. The Bertz CT molecular complexity index is 783. The number of benzene rings is 1. The van der Waals surface area contributed by atoms with Gasteiger partial charge in [-0.2, -0.15) is 0 Å². The molecule has 150 valence electrons. The minimum Gasteiger partial charge on any atom is -0.372 e. The average molecular weight is 383 g/mol. The maximum absolute atomic E-state index is 12.5. The molecular weight excluding hydrogens is 352 g/mol. The van der Waals surface area contributed by atoms with Crippen molar-refractivity contribution in [3.8, 4) is 0 Å². The fraction of sp³-hybridized carbons (Fsp3) is 0.409.